The molecule has 0 saturated carbocycles. The molecule has 29 heavy (non-hydrogen) atoms. The third-order valence-corrected chi connectivity index (χ3v) is 4.90. The van der Waals surface area contributed by atoms with Gasteiger partial charge in [0.25, 0.3) is 0 Å². The zero-order chi connectivity index (χ0) is 21.1. The van der Waals surface area contributed by atoms with Crippen molar-refractivity contribution >= 4 is 17.2 Å². The number of carbonyl (C=O) groups is 1. The molecule has 0 bridgehead atoms. The average molecular weight is 403 g/mol. The third kappa shape index (κ3) is 3.35. The Hall–Kier alpha value is -3.29. The van der Waals surface area contributed by atoms with Crippen LogP contribution >= 0.6 is 0 Å². The topological polar surface area (TPSA) is 75.7 Å². The molecule has 1 heterocycles. The third-order valence-electron chi connectivity index (χ3n) is 4.90. The number of Topliss-reactive ketones (excluding diaryl/α,β-unsaturated/α-hetero) is 1. The molecule has 1 aliphatic rings. The Morgan fingerprint density at radius 1 is 0.690 bits per heavy atom. The van der Waals surface area contributed by atoms with E-state index in [4.69, 9.17) is 28.4 Å². The second-order valence-corrected chi connectivity index (χ2v) is 6.25. The molecule has 2 aromatic carbocycles. The smallest absolute Gasteiger partial charge is 0.204 e. The summed E-state index contributed by atoms with van der Waals surface area (Å²) < 4.78 is 32.8. The van der Waals surface area contributed by atoms with Crippen molar-refractivity contribution in [3.8, 4) is 34.5 Å². The zero-order valence-corrected chi connectivity index (χ0v) is 17.5. The van der Waals surface area contributed by atoms with Gasteiger partial charge in [-0.05, 0) is 0 Å². The van der Waals surface area contributed by atoms with Gasteiger partial charge in [0.2, 0.25) is 11.5 Å². The van der Waals surface area contributed by atoms with Crippen molar-refractivity contribution in [1.82, 2.24) is 0 Å². The van der Waals surface area contributed by atoms with E-state index < -0.39 is 0 Å². The first-order valence-corrected chi connectivity index (χ1v) is 8.98. The minimum absolute atomic E-state index is 0.0264. The van der Waals surface area contributed by atoms with E-state index in [0.717, 1.165) is 5.69 Å². The fraction of sp³-hybridized carbons (Fsp3) is 0.381. The van der Waals surface area contributed by atoms with Crippen molar-refractivity contribution in [2.24, 2.45) is 0 Å². The monoisotopic (exact) mass is 403 g/mol. The number of hydrogen-bond acceptors (Lipinski definition) is 8. The van der Waals surface area contributed by atoms with E-state index in [0.29, 0.717) is 58.7 Å². The summed E-state index contributed by atoms with van der Waals surface area (Å²) in [6.45, 7) is 0.475. The molecule has 0 N–H and O–H groups in total. The quantitative estimate of drug-likeness (QED) is 0.696. The fourth-order valence-electron chi connectivity index (χ4n) is 3.58. The van der Waals surface area contributed by atoms with Crippen LogP contribution in [0.5, 0.6) is 34.5 Å². The Morgan fingerprint density at radius 3 is 1.69 bits per heavy atom. The molecule has 2 aromatic rings. The maximum Gasteiger partial charge on any atom is 0.204 e. The summed E-state index contributed by atoms with van der Waals surface area (Å²) in [5.74, 6) is 2.71. The van der Waals surface area contributed by atoms with Crippen LogP contribution in [0.1, 0.15) is 16.8 Å². The number of methoxy groups -OCH3 is 6. The SMILES string of the molecule is COc1cc(N2CCC(=O)c3c2cc(OC)c(OC)c3OC)cc(OC)c1OC. The van der Waals surface area contributed by atoms with Gasteiger partial charge < -0.3 is 33.3 Å². The van der Waals surface area contributed by atoms with Crippen molar-refractivity contribution in [3.63, 3.8) is 0 Å². The van der Waals surface area contributed by atoms with Crippen LogP contribution in [0.2, 0.25) is 0 Å². The van der Waals surface area contributed by atoms with E-state index in [2.05, 4.69) is 0 Å². The number of benzene rings is 2. The summed E-state index contributed by atoms with van der Waals surface area (Å²) in [6, 6.07) is 5.45. The van der Waals surface area contributed by atoms with Gasteiger partial charge in [0.15, 0.2) is 28.8 Å². The number of nitrogens with zero attached hydrogens (tertiary/aromatic N) is 1. The summed E-state index contributed by atoms with van der Waals surface area (Å²) in [7, 11) is 9.23. The predicted octanol–water partition coefficient (Wildman–Crippen LogP) is 3.46. The van der Waals surface area contributed by atoms with E-state index in [-0.39, 0.29) is 5.78 Å². The van der Waals surface area contributed by atoms with Gasteiger partial charge in [-0.15, -0.1) is 0 Å². The Labute approximate surface area is 169 Å². The van der Waals surface area contributed by atoms with Crippen LogP contribution in [0.15, 0.2) is 18.2 Å². The molecule has 3 rings (SSSR count). The maximum atomic E-state index is 12.8. The highest BCUT2D eigenvalue weighted by Crippen LogP contribution is 2.50. The van der Waals surface area contributed by atoms with Crippen LogP contribution in [-0.2, 0) is 0 Å². The van der Waals surface area contributed by atoms with Crippen LogP contribution in [0, 0.1) is 0 Å². The highest BCUT2D eigenvalue weighted by atomic mass is 16.5. The standard InChI is InChI=1S/C21H25NO7/c1-24-15-9-12(10-16(25-2)19(15)27-4)22-8-7-14(23)18-13(22)11-17(26-3)20(28-5)21(18)29-6/h9-11H,7-8H2,1-6H3. The minimum atomic E-state index is -0.0264. The molecule has 1 aliphatic heterocycles. The van der Waals surface area contributed by atoms with Crippen molar-refractivity contribution in [3.05, 3.63) is 23.8 Å². The van der Waals surface area contributed by atoms with Gasteiger partial charge in [-0.1, -0.05) is 0 Å². The first-order chi connectivity index (χ1) is 14.0. The zero-order valence-electron chi connectivity index (χ0n) is 17.5. The number of ketones is 1. The number of anilines is 2. The Balaban J connectivity index is 2.26. The normalized spacial score (nSPS) is 12.9. The predicted molar refractivity (Wildman–Crippen MR) is 108 cm³/mol. The van der Waals surface area contributed by atoms with Crippen LogP contribution < -0.4 is 33.3 Å². The molecular formula is C21H25NO7. The molecule has 0 saturated heterocycles. The van der Waals surface area contributed by atoms with E-state index in [1.165, 1.54) is 21.3 Å². The van der Waals surface area contributed by atoms with Gasteiger partial charge >= 0.3 is 0 Å². The number of ether oxygens (including phenoxy) is 6. The maximum absolute atomic E-state index is 12.8. The first-order valence-electron chi connectivity index (χ1n) is 8.98. The number of fused-ring (bicyclic) bond motifs is 1. The van der Waals surface area contributed by atoms with Gasteiger partial charge in [-0.2, -0.15) is 0 Å². The Kier molecular flexibility index (Phi) is 5.91. The molecule has 0 unspecified atom stereocenters. The van der Waals surface area contributed by atoms with Crippen LogP contribution in [0.25, 0.3) is 0 Å². The van der Waals surface area contributed by atoms with Gasteiger partial charge in [-0.3, -0.25) is 4.79 Å². The molecule has 0 radical (unpaired) electrons. The summed E-state index contributed by atoms with van der Waals surface area (Å²) in [6.07, 6.45) is 0.315. The van der Waals surface area contributed by atoms with Crippen LogP contribution in [0.4, 0.5) is 11.4 Å². The van der Waals surface area contributed by atoms with E-state index in [9.17, 15) is 4.79 Å². The molecule has 0 atom stereocenters. The first kappa shape index (κ1) is 20.4. The summed E-state index contributed by atoms with van der Waals surface area (Å²) >= 11 is 0. The molecule has 0 aliphatic carbocycles. The highest BCUT2D eigenvalue weighted by molar-refractivity contribution is 6.08. The average Bonchev–Trinajstić information content (AvgIpc) is 2.76. The highest BCUT2D eigenvalue weighted by Gasteiger charge is 2.33. The lowest BCUT2D eigenvalue weighted by atomic mass is 9.97. The molecule has 0 spiro atoms. The van der Waals surface area contributed by atoms with E-state index in [1.54, 1.807) is 27.4 Å². The Morgan fingerprint density at radius 2 is 1.21 bits per heavy atom. The van der Waals surface area contributed by atoms with Crippen LogP contribution in [0.3, 0.4) is 0 Å². The molecule has 8 nitrogen and oxygen atoms in total. The van der Waals surface area contributed by atoms with Crippen molar-refractivity contribution < 1.29 is 33.2 Å². The second-order valence-electron chi connectivity index (χ2n) is 6.25. The fourth-order valence-corrected chi connectivity index (χ4v) is 3.58. The number of rotatable bonds is 7. The minimum Gasteiger partial charge on any atom is -0.493 e. The van der Waals surface area contributed by atoms with E-state index in [1.807, 2.05) is 17.0 Å². The molecule has 0 amide bonds. The number of carbonyl (C=O) groups excluding carboxylic acids is 1. The Bertz CT molecular complexity index is 901. The summed E-state index contributed by atoms with van der Waals surface area (Å²) in [5, 5.41) is 0. The number of hydrogen-bond donors (Lipinski definition) is 0. The summed E-state index contributed by atoms with van der Waals surface area (Å²) in [4.78, 5) is 14.8. The van der Waals surface area contributed by atoms with Crippen molar-refractivity contribution in [2.45, 2.75) is 6.42 Å². The second kappa shape index (κ2) is 8.38. The van der Waals surface area contributed by atoms with E-state index >= 15 is 0 Å². The lowest BCUT2D eigenvalue weighted by Gasteiger charge is -2.33. The van der Waals surface area contributed by atoms with Gasteiger partial charge in [0, 0.05) is 36.9 Å². The van der Waals surface area contributed by atoms with Crippen LogP contribution in [-0.4, -0.2) is 55.0 Å². The van der Waals surface area contributed by atoms with Gasteiger partial charge in [0.05, 0.1) is 53.9 Å². The largest absolute Gasteiger partial charge is 0.493 e. The molecule has 0 aromatic heterocycles. The van der Waals surface area contributed by atoms with Crippen molar-refractivity contribution in [1.29, 1.82) is 0 Å². The van der Waals surface area contributed by atoms with Gasteiger partial charge in [0.1, 0.15) is 0 Å². The molecule has 0 fully saturated rings. The lowest BCUT2D eigenvalue weighted by molar-refractivity contribution is 0.0977. The molecule has 8 heteroatoms. The lowest BCUT2D eigenvalue weighted by Crippen LogP contribution is -2.28. The summed E-state index contributed by atoms with van der Waals surface area (Å²) in [5.41, 5.74) is 1.89. The van der Waals surface area contributed by atoms with Gasteiger partial charge in [-0.25, -0.2) is 0 Å². The van der Waals surface area contributed by atoms with Crippen molar-refractivity contribution in [2.75, 3.05) is 54.1 Å². The molecule has 156 valence electrons. The molecular weight excluding hydrogens is 378 g/mol.